The minimum atomic E-state index is -0.394. The Hall–Kier alpha value is -1.27. The summed E-state index contributed by atoms with van der Waals surface area (Å²) in [6.07, 6.45) is 2.12. The van der Waals surface area contributed by atoms with Gasteiger partial charge in [0.15, 0.2) is 0 Å². The van der Waals surface area contributed by atoms with Crippen LogP contribution in [-0.4, -0.2) is 38.7 Å². The monoisotopic (exact) mass is 242 g/mol. The predicted octanol–water partition coefficient (Wildman–Crippen LogP) is 0.419. The summed E-state index contributed by atoms with van der Waals surface area (Å²) in [4.78, 5) is 0. The summed E-state index contributed by atoms with van der Waals surface area (Å²) in [6.45, 7) is 4.70. The second kappa shape index (κ2) is 6.46. The van der Waals surface area contributed by atoms with E-state index in [1.807, 2.05) is 6.92 Å². The molecule has 0 fully saturated rings. The van der Waals surface area contributed by atoms with Crippen molar-refractivity contribution in [3.8, 4) is 0 Å². The average molecular weight is 242 g/mol. The third-order valence-corrected chi connectivity index (χ3v) is 2.60. The van der Waals surface area contributed by atoms with Gasteiger partial charge in [-0.15, -0.1) is 0 Å². The van der Waals surface area contributed by atoms with Crippen molar-refractivity contribution in [2.45, 2.75) is 45.4 Å². The molecule has 1 aromatic rings. The molecule has 0 aliphatic carbocycles. The van der Waals surface area contributed by atoms with E-state index in [1.54, 1.807) is 17.8 Å². The topological polar surface area (TPSA) is 96.3 Å². The lowest BCUT2D eigenvalue weighted by Gasteiger charge is -2.14. The molecule has 1 rings (SSSR count). The molecular weight excluding hydrogens is 220 g/mol. The predicted molar refractivity (Wildman–Crippen MR) is 67.7 cm³/mol. The summed E-state index contributed by atoms with van der Waals surface area (Å²) in [5.41, 5.74) is 6.34. The lowest BCUT2D eigenvalue weighted by atomic mass is 10.3. The molecule has 0 bridgehead atoms. The van der Waals surface area contributed by atoms with E-state index in [1.165, 1.54) is 0 Å². The fraction of sp³-hybridized carbons (Fsp3) is 0.727. The van der Waals surface area contributed by atoms with Gasteiger partial charge in [0.25, 0.3) is 0 Å². The van der Waals surface area contributed by atoms with Crippen LogP contribution in [0.25, 0.3) is 0 Å². The Morgan fingerprint density at radius 2 is 2.24 bits per heavy atom. The number of hydrogen-bond donors (Lipinski definition) is 4. The van der Waals surface area contributed by atoms with Crippen molar-refractivity contribution in [1.29, 1.82) is 0 Å². The Balaban J connectivity index is 2.59. The van der Waals surface area contributed by atoms with Gasteiger partial charge in [0, 0.05) is 13.1 Å². The van der Waals surface area contributed by atoms with Crippen LogP contribution in [0.1, 0.15) is 26.7 Å². The minimum absolute atomic E-state index is 0.366. The molecule has 0 saturated carbocycles. The quantitative estimate of drug-likeness (QED) is 0.555. The van der Waals surface area contributed by atoms with E-state index in [-0.39, 0.29) is 6.10 Å². The van der Waals surface area contributed by atoms with Crippen LogP contribution >= 0.6 is 0 Å². The van der Waals surface area contributed by atoms with E-state index in [0.717, 1.165) is 0 Å². The summed E-state index contributed by atoms with van der Waals surface area (Å²) in [5, 5.41) is 25.9. The summed E-state index contributed by atoms with van der Waals surface area (Å²) in [5.74, 6) is 0.707. The normalized spacial score (nSPS) is 14.6. The highest BCUT2D eigenvalue weighted by molar-refractivity contribution is 5.60. The van der Waals surface area contributed by atoms with Gasteiger partial charge in [0.2, 0.25) is 0 Å². The number of anilines is 2. The number of nitrogens with zero attached hydrogens (tertiary/aromatic N) is 2. The lowest BCUT2D eigenvalue weighted by Crippen LogP contribution is -2.21. The first-order valence-corrected chi connectivity index (χ1v) is 5.95. The van der Waals surface area contributed by atoms with Crippen LogP contribution in [-0.2, 0) is 6.54 Å². The number of aryl methyl sites for hydroxylation is 1. The zero-order valence-corrected chi connectivity index (χ0v) is 10.4. The molecule has 0 aromatic carbocycles. The van der Waals surface area contributed by atoms with Gasteiger partial charge in [-0.1, -0.05) is 6.92 Å². The molecule has 6 nitrogen and oxygen atoms in total. The van der Waals surface area contributed by atoms with E-state index < -0.39 is 6.10 Å². The van der Waals surface area contributed by atoms with Gasteiger partial charge in [-0.3, -0.25) is 0 Å². The van der Waals surface area contributed by atoms with E-state index in [4.69, 9.17) is 5.73 Å². The maximum Gasteiger partial charge on any atom is 0.147 e. The molecule has 1 aromatic heterocycles. The third-order valence-electron chi connectivity index (χ3n) is 2.60. The molecule has 6 heteroatoms. The van der Waals surface area contributed by atoms with Gasteiger partial charge in [-0.05, 0) is 19.8 Å². The van der Waals surface area contributed by atoms with Crippen molar-refractivity contribution in [2.24, 2.45) is 0 Å². The standard InChI is InChI=1S/C11H22N4O2/c1-3-9(17)6-13-11-10(12)7-14-15(11)5-4-8(2)16/h7-9,13,16-17H,3-6,12H2,1-2H3. The van der Waals surface area contributed by atoms with E-state index >= 15 is 0 Å². The Kier molecular flexibility index (Phi) is 5.24. The Labute approximate surface area is 101 Å². The first-order chi connectivity index (χ1) is 8.04. The first-order valence-electron chi connectivity index (χ1n) is 5.95. The molecule has 17 heavy (non-hydrogen) atoms. The maximum atomic E-state index is 9.48. The van der Waals surface area contributed by atoms with Gasteiger partial charge in [-0.25, -0.2) is 4.68 Å². The summed E-state index contributed by atoms with van der Waals surface area (Å²) in [7, 11) is 0. The third kappa shape index (κ3) is 4.24. The van der Waals surface area contributed by atoms with Crippen molar-refractivity contribution in [3.63, 3.8) is 0 Å². The SMILES string of the molecule is CCC(O)CNc1c(N)cnn1CCC(C)O. The molecule has 0 aliphatic heterocycles. The zero-order chi connectivity index (χ0) is 12.8. The van der Waals surface area contributed by atoms with Crippen LogP contribution in [0.3, 0.4) is 0 Å². The number of rotatable bonds is 7. The molecule has 98 valence electrons. The second-order valence-electron chi connectivity index (χ2n) is 4.25. The largest absolute Gasteiger partial charge is 0.394 e. The fourth-order valence-corrected chi connectivity index (χ4v) is 1.43. The van der Waals surface area contributed by atoms with E-state index in [2.05, 4.69) is 10.4 Å². The van der Waals surface area contributed by atoms with Gasteiger partial charge >= 0.3 is 0 Å². The molecule has 5 N–H and O–H groups in total. The number of hydrogen-bond acceptors (Lipinski definition) is 5. The van der Waals surface area contributed by atoms with Crippen LogP contribution in [0.2, 0.25) is 0 Å². The van der Waals surface area contributed by atoms with Crippen LogP contribution < -0.4 is 11.1 Å². The van der Waals surface area contributed by atoms with E-state index in [9.17, 15) is 10.2 Å². The number of aromatic nitrogens is 2. The van der Waals surface area contributed by atoms with Gasteiger partial charge in [-0.2, -0.15) is 5.10 Å². The summed E-state index contributed by atoms with van der Waals surface area (Å²) in [6, 6.07) is 0. The first kappa shape index (κ1) is 13.8. The minimum Gasteiger partial charge on any atom is -0.394 e. The Morgan fingerprint density at radius 1 is 1.53 bits per heavy atom. The van der Waals surface area contributed by atoms with Crippen molar-refractivity contribution >= 4 is 11.5 Å². The molecule has 0 amide bonds. The molecule has 2 unspecified atom stereocenters. The highest BCUT2D eigenvalue weighted by atomic mass is 16.3. The highest BCUT2D eigenvalue weighted by Gasteiger charge is 2.10. The number of aliphatic hydroxyl groups excluding tert-OH is 2. The Bertz CT molecular complexity index is 338. The number of aliphatic hydroxyl groups is 2. The van der Waals surface area contributed by atoms with Gasteiger partial charge in [0.05, 0.1) is 24.1 Å². The highest BCUT2D eigenvalue weighted by Crippen LogP contribution is 2.18. The van der Waals surface area contributed by atoms with Crippen LogP contribution in [0, 0.1) is 0 Å². The molecule has 0 aliphatic rings. The van der Waals surface area contributed by atoms with Crippen molar-refractivity contribution in [3.05, 3.63) is 6.20 Å². The number of nitrogens with two attached hydrogens (primary N) is 1. The smallest absolute Gasteiger partial charge is 0.147 e. The van der Waals surface area contributed by atoms with Crippen LogP contribution in [0.15, 0.2) is 6.20 Å². The number of nitrogens with one attached hydrogen (secondary N) is 1. The fourth-order valence-electron chi connectivity index (χ4n) is 1.43. The van der Waals surface area contributed by atoms with Crippen LogP contribution in [0.4, 0.5) is 11.5 Å². The van der Waals surface area contributed by atoms with Gasteiger partial charge in [0.1, 0.15) is 5.82 Å². The Morgan fingerprint density at radius 3 is 2.82 bits per heavy atom. The van der Waals surface area contributed by atoms with Crippen molar-refractivity contribution < 1.29 is 10.2 Å². The molecule has 0 radical (unpaired) electrons. The summed E-state index contributed by atoms with van der Waals surface area (Å²) < 4.78 is 1.71. The molecular formula is C11H22N4O2. The molecule has 1 heterocycles. The average Bonchev–Trinajstić information content (AvgIpc) is 2.64. The second-order valence-corrected chi connectivity index (χ2v) is 4.25. The zero-order valence-electron chi connectivity index (χ0n) is 10.4. The van der Waals surface area contributed by atoms with E-state index in [0.29, 0.717) is 37.4 Å². The molecule has 0 saturated heterocycles. The van der Waals surface area contributed by atoms with Crippen molar-refractivity contribution in [2.75, 3.05) is 17.6 Å². The molecule has 2 atom stereocenters. The number of nitrogen functional groups attached to an aromatic ring is 1. The maximum absolute atomic E-state index is 9.48. The summed E-state index contributed by atoms with van der Waals surface area (Å²) >= 11 is 0. The van der Waals surface area contributed by atoms with Crippen molar-refractivity contribution in [1.82, 2.24) is 9.78 Å². The lowest BCUT2D eigenvalue weighted by molar-refractivity contribution is 0.175. The van der Waals surface area contributed by atoms with Gasteiger partial charge < -0.3 is 21.3 Å². The molecule has 0 spiro atoms. The van der Waals surface area contributed by atoms with Crippen LogP contribution in [0.5, 0.6) is 0 Å².